The molecule has 0 aliphatic carbocycles. The van der Waals surface area contributed by atoms with E-state index >= 15 is 0 Å². The lowest BCUT2D eigenvalue weighted by Gasteiger charge is -2.16. The second-order valence-corrected chi connectivity index (χ2v) is 7.51. The van der Waals surface area contributed by atoms with Gasteiger partial charge in [-0.25, -0.2) is 8.42 Å². The molecule has 0 saturated carbocycles. The minimum atomic E-state index is -3.50. The minimum Gasteiger partial charge on any atom is -0.386 e. The fourth-order valence-corrected chi connectivity index (χ4v) is 2.66. The zero-order valence-electron chi connectivity index (χ0n) is 10.9. The van der Waals surface area contributed by atoms with E-state index in [0.717, 1.165) is 17.4 Å². The highest BCUT2D eigenvalue weighted by atomic mass is 35.5. The molecule has 0 aliphatic rings. The monoisotopic (exact) mass is 310 g/mol. The van der Waals surface area contributed by atoms with Crippen molar-refractivity contribution in [3.8, 4) is 11.1 Å². The highest BCUT2D eigenvalue weighted by Gasteiger charge is 2.27. The Morgan fingerprint density at radius 3 is 1.95 bits per heavy atom. The normalized spacial score (nSPS) is 14.8. The van der Waals surface area contributed by atoms with Gasteiger partial charge in [0.25, 0.3) is 0 Å². The molecule has 106 valence electrons. The summed E-state index contributed by atoms with van der Waals surface area (Å²) in [5.74, 6) is 0. The number of benzene rings is 2. The number of hydrogen-bond acceptors (Lipinski definition) is 3. The van der Waals surface area contributed by atoms with Crippen molar-refractivity contribution in [3.63, 3.8) is 0 Å². The summed E-state index contributed by atoms with van der Waals surface area (Å²) in [6.07, 6.45) is -0.233. The first-order chi connectivity index (χ1) is 9.39. The topological polar surface area (TPSA) is 54.4 Å². The SMILES string of the molecule is CS(=O)(=O)[C@@H](Cl)[C@H](O)c1ccc(-c2ccccc2)cc1. The van der Waals surface area contributed by atoms with E-state index in [1.807, 2.05) is 42.5 Å². The van der Waals surface area contributed by atoms with Crippen molar-refractivity contribution in [1.82, 2.24) is 0 Å². The van der Waals surface area contributed by atoms with Gasteiger partial charge in [0.1, 0.15) is 6.10 Å². The number of halogens is 1. The van der Waals surface area contributed by atoms with Crippen molar-refractivity contribution in [2.75, 3.05) is 6.26 Å². The van der Waals surface area contributed by atoms with Crippen LogP contribution in [0.2, 0.25) is 0 Å². The Labute approximate surface area is 123 Å². The van der Waals surface area contributed by atoms with Crippen LogP contribution in [0.4, 0.5) is 0 Å². The maximum Gasteiger partial charge on any atom is 0.167 e. The van der Waals surface area contributed by atoms with Gasteiger partial charge < -0.3 is 5.11 Å². The van der Waals surface area contributed by atoms with Gasteiger partial charge in [0, 0.05) is 6.26 Å². The Hall–Kier alpha value is -1.36. The van der Waals surface area contributed by atoms with Crippen molar-refractivity contribution >= 4 is 21.4 Å². The fraction of sp³-hybridized carbons (Fsp3) is 0.200. The largest absolute Gasteiger partial charge is 0.386 e. The van der Waals surface area contributed by atoms with Crippen LogP contribution in [0.5, 0.6) is 0 Å². The first-order valence-electron chi connectivity index (χ1n) is 6.06. The van der Waals surface area contributed by atoms with E-state index in [0.29, 0.717) is 5.56 Å². The molecular weight excluding hydrogens is 296 g/mol. The maximum absolute atomic E-state index is 11.3. The van der Waals surface area contributed by atoms with Crippen LogP contribution >= 0.6 is 11.6 Å². The Balaban J connectivity index is 2.25. The number of alkyl halides is 1. The molecule has 2 rings (SSSR count). The summed E-state index contributed by atoms with van der Waals surface area (Å²) in [5, 5.41) is 9.98. The molecule has 5 heteroatoms. The summed E-state index contributed by atoms with van der Waals surface area (Å²) in [6.45, 7) is 0. The summed E-state index contributed by atoms with van der Waals surface area (Å²) < 4.78 is 21.3. The van der Waals surface area contributed by atoms with Crippen molar-refractivity contribution in [2.24, 2.45) is 0 Å². The van der Waals surface area contributed by atoms with E-state index in [-0.39, 0.29) is 0 Å². The molecule has 0 aliphatic heterocycles. The van der Waals surface area contributed by atoms with Crippen LogP contribution in [0.15, 0.2) is 54.6 Å². The molecule has 0 unspecified atom stereocenters. The molecule has 2 atom stereocenters. The van der Waals surface area contributed by atoms with E-state index in [1.165, 1.54) is 0 Å². The Morgan fingerprint density at radius 2 is 1.45 bits per heavy atom. The van der Waals surface area contributed by atoms with Crippen molar-refractivity contribution < 1.29 is 13.5 Å². The van der Waals surface area contributed by atoms with Crippen LogP contribution < -0.4 is 0 Å². The smallest absolute Gasteiger partial charge is 0.167 e. The molecular formula is C15H15ClO3S. The summed E-state index contributed by atoms with van der Waals surface area (Å²) in [7, 11) is -3.50. The second-order valence-electron chi connectivity index (χ2n) is 4.61. The molecule has 0 spiro atoms. The lowest BCUT2D eigenvalue weighted by Crippen LogP contribution is -2.21. The van der Waals surface area contributed by atoms with Crippen LogP contribution in [-0.2, 0) is 9.84 Å². The third-order valence-electron chi connectivity index (χ3n) is 3.02. The van der Waals surface area contributed by atoms with Crippen LogP contribution in [0, 0.1) is 0 Å². The number of hydrogen-bond donors (Lipinski definition) is 1. The summed E-state index contributed by atoms with van der Waals surface area (Å²) in [5.41, 5.74) is 2.53. The van der Waals surface area contributed by atoms with Gasteiger partial charge in [-0.1, -0.05) is 54.6 Å². The lowest BCUT2D eigenvalue weighted by atomic mass is 10.0. The minimum absolute atomic E-state index is 0.482. The quantitative estimate of drug-likeness (QED) is 0.883. The van der Waals surface area contributed by atoms with Crippen LogP contribution in [-0.4, -0.2) is 24.5 Å². The van der Waals surface area contributed by atoms with E-state index in [2.05, 4.69) is 0 Å². The molecule has 20 heavy (non-hydrogen) atoms. The molecule has 0 saturated heterocycles. The molecule has 0 heterocycles. The Kier molecular flexibility index (Phi) is 4.48. The molecule has 3 nitrogen and oxygen atoms in total. The molecule has 0 bridgehead atoms. The first kappa shape index (κ1) is 15.0. The van der Waals surface area contributed by atoms with Gasteiger partial charge in [0.2, 0.25) is 0 Å². The van der Waals surface area contributed by atoms with Crippen molar-refractivity contribution in [3.05, 3.63) is 60.2 Å². The number of sulfone groups is 1. The Bertz CT molecular complexity index is 666. The summed E-state index contributed by atoms with van der Waals surface area (Å²) >= 11 is 5.76. The fourth-order valence-electron chi connectivity index (χ4n) is 1.89. The standard InChI is InChI=1S/C15H15ClO3S/c1-20(18,19)15(16)14(17)13-9-7-12(8-10-13)11-5-3-2-4-6-11/h2-10,14-15,17H,1H3/t14-,15-/m1/s1. The van der Waals surface area contributed by atoms with Crippen LogP contribution in [0.3, 0.4) is 0 Å². The summed E-state index contributed by atoms with van der Waals surface area (Å²) in [4.78, 5) is 0. The lowest BCUT2D eigenvalue weighted by molar-refractivity contribution is 0.192. The molecule has 0 amide bonds. The average Bonchev–Trinajstić information content (AvgIpc) is 2.46. The number of aliphatic hydroxyl groups excluding tert-OH is 1. The summed E-state index contributed by atoms with van der Waals surface area (Å²) in [6, 6.07) is 16.8. The molecule has 2 aromatic rings. The van der Waals surface area contributed by atoms with E-state index < -0.39 is 20.7 Å². The van der Waals surface area contributed by atoms with Gasteiger partial charge in [-0.15, -0.1) is 11.6 Å². The third-order valence-corrected chi connectivity index (χ3v) is 5.30. The molecule has 2 aromatic carbocycles. The van der Waals surface area contributed by atoms with Gasteiger partial charge in [-0.2, -0.15) is 0 Å². The van der Waals surface area contributed by atoms with E-state index in [1.54, 1.807) is 12.1 Å². The number of aliphatic hydroxyl groups is 1. The molecule has 1 N–H and O–H groups in total. The van der Waals surface area contributed by atoms with Crippen molar-refractivity contribution in [2.45, 2.75) is 10.8 Å². The molecule has 0 radical (unpaired) electrons. The van der Waals surface area contributed by atoms with E-state index in [9.17, 15) is 13.5 Å². The van der Waals surface area contributed by atoms with Gasteiger partial charge in [0.05, 0.1) is 0 Å². The predicted octanol–water partition coefficient (Wildman–Crippen LogP) is 3.00. The number of rotatable bonds is 4. The Morgan fingerprint density at radius 1 is 0.950 bits per heavy atom. The highest BCUT2D eigenvalue weighted by Crippen LogP contribution is 2.27. The zero-order chi connectivity index (χ0) is 14.8. The predicted molar refractivity (Wildman–Crippen MR) is 81.3 cm³/mol. The van der Waals surface area contributed by atoms with Crippen LogP contribution in [0.1, 0.15) is 11.7 Å². The molecule has 0 fully saturated rings. The second kappa shape index (κ2) is 5.95. The highest BCUT2D eigenvalue weighted by molar-refractivity contribution is 7.92. The van der Waals surface area contributed by atoms with Gasteiger partial charge in [0.15, 0.2) is 14.5 Å². The van der Waals surface area contributed by atoms with Crippen molar-refractivity contribution in [1.29, 1.82) is 0 Å². The zero-order valence-corrected chi connectivity index (χ0v) is 12.5. The first-order valence-corrected chi connectivity index (χ1v) is 8.45. The van der Waals surface area contributed by atoms with Gasteiger partial charge in [-0.05, 0) is 16.7 Å². The van der Waals surface area contributed by atoms with Gasteiger partial charge >= 0.3 is 0 Å². The maximum atomic E-state index is 11.3. The van der Waals surface area contributed by atoms with Gasteiger partial charge in [-0.3, -0.25) is 0 Å². The third kappa shape index (κ3) is 3.39. The van der Waals surface area contributed by atoms with E-state index in [4.69, 9.17) is 11.6 Å². The van der Waals surface area contributed by atoms with Crippen LogP contribution in [0.25, 0.3) is 11.1 Å². The average molecular weight is 311 g/mol. The molecule has 0 aromatic heterocycles.